The van der Waals surface area contributed by atoms with Crippen LogP contribution in [0.2, 0.25) is 0 Å². The Hall–Kier alpha value is -2.06. The summed E-state index contributed by atoms with van der Waals surface area (Å²) in [6, 6.07) is 20.0. The van der Waals surface area contributed by atoms with E-state index in [-0.39, 0.29) is 5.54 Å². The standard InChI is InChI=1S/C25H32N2/c1-4-10-22-21-13-8-9-14-23(21)26-24(22)19-15-17-25(18-16-19,27(2)3)20-11-6-5-7-12-20/h5-9,11-14,19,26H,4,10,15-18H2,1-3H3. The molecular formula is C25H32N2. The highest BCUT2D eigenvalue weighted by Gasteiger charge is 2.39. The molecule has 142 valence electrons. The number of nitrogens with one attached hydrogen (secondary N) is 1. The van der Waals surface area contributed by atoms with Crippen molar-refractivity contribution in [1.82, 2.24) is 9.88 Å². The van der Waals surface area contributed by atoms with Gasteiger partial charge in [-0.05, 0) is 69.3 Å². The van der Waals surface area contributed by atoms with Crippen molar-refractivity contribution in [1.29, 1.82) is 0 Å². The summed E-state index contributed by atoms with van der Waals surface area (Å²) in [6.45, 7) is 2.29. The summed E-state index contributed by atoms with van der Waals surface area (Å²) in [5.74, 6) is 0.649. The van der Waals surface area contributed by atoms with Gasteiger partial charge in [0.05, 0.1) is 0 Å². The minimum absolute atomic E-state index is 0.175. The third kappa shape index (κ3) is 3.21. The number of para-hydroxylation sites is 1. The number of rotatable bonds is 5. The van der Waals surface area contributed by atoms with E-state index in [9.17, 15) is 0 Å². The summed E-state index contributed by atoms with van der Waals surface area (Å²) in [5.41, 5.74) is 6.03. The molecule has 1 saturated carbocycles. The van der Waals surface area contributed by atoms with Crippen molar-refractivity contribution in [3.8, 4) is 0 Å². The molecule has 0 amide bonds. The van der Waals surface area contributed by atoms with Crippen LogP contribution in [-0.4, -0.2) is 24.0 Å². The predicted octanol–water partition coefficient (Wildman–Crippen LogP) is 6.24. The molecule has 1 N–H and O–H groups in total. The van der Waals surface area contributed by atoms with Crippen LogP contribution in [0.3, 0.4) is 0 Å². The molecule has 1 aliphatic rings. The highest BCUT2D eigenvalue weighted by molar-refractivity contribution is 5.84. The summed E-state index contributed by atoms with van der Waals surface area (Å²) in [5, 5.41) is 1.43. The Morgan fingerprint density at radius 1 is 0.963 bits per heavy atom. The number of hydrogen-bond donors (Lipinski definition) is 1. The summed E-state index contributed by atoms with van der Waals surface area (Å²) in [6.07, 6.45) is 7.30. The number of fused-ring (bicyclic) bond motifs is 1. The molecule has 1 aromatic heterocycles. The fraction of sp³-hybridized carbons (Fsp3) is 0.440. The molecule has 0 aliphatic heterocycles. The van der Waals surface area contributed by atoms with Gasteiger partial charge in [-0.25, -0.2) is 0 Å². The average Bonchev–Trinajstić information content (AvgIpc) is 3.07. The molecule has 4 rings (SSSR count). The molecule has 1 aliphatic carbocycles. The van der Waals surface area contributed by atoms with Crippen LogP contribution in [0.5, 0.6) is 0 Å². The first-order valence-corrected chi connectivity index (χ1v) is 10.5. The first-order chi connectivity index (χ1) is 13.2. The topological polar surface area (TPSA) is 19.0 Å². The van der Waals surface area contributed by atoms with Gasteiger partial charge in [-0.2, -0.15) is 0 Å². The molecule has 0 spiro atoms. The maximum absolute atomic E-state index is 3.80. The molecule has 0 radical (unpaired) electrons. The summed E-state index contributed by atoms with van der Waals surface area (Å²) in [4.78, 5) is 6.26. The number of nitrogens with zero attached hydrogens (tertiary/aromatic N) is 1. The maximum atomic E-state index is 3.80. The minimum atomic E-state index is 0.175. The molecule has 3 aromatic rings. The van der Waals surface area contributed by atoms with Gasteiger partial charge in [0, 0.05) is 22.1 Å². The van der Waals surface area contributed by atoms with Crippen LogP contribution in [0.1, 0.15) is 61.8 Å². The lowest BCUT2D eigenvalue weighted by atomic mass is 9.70. The first kappa shape index (κ1) is 18.3. The Bertz CT molecular complexity index is 883. The zero-order chi connectivity index (χ0) is 18.9. The maximum Gasteiger partial charge on any atom is 0.0459 e. The quantitative estimate of drug-likeness (QED) is 0.571. The van der Waals surface area contributed by atoms with Crippen molar-refractivity contribution in [3.63, 3.8) is 0 Å². The lowest BCUT2D eigenvalue weighted by Gasteiger charge is -2.45. The molecule has 2 aromatic carbocycles. The van der Waals surface area contributed by atoms with Crippen LogP contribution in [0.15, 0.2) is 54.6 Å². The molecule has 0 atom stereocenters. The SMILES string of the molecule is CCCc1c(C2CCC(c3ccccc3)(N(C)C)CC2)[nH]c2ccccc12. The van der Waals surface area contributed by atoms with E-state index in [4.69, 9.17) is 0 Å². The Morgan fingerprint density at radius 3 is 2.30 bits per heavy atom. The lowest BCUT2D eigenvalue weighted by molar-refractivity contribution is 0.0903. The molecule has 2 nitrogen and oxygen atoms in total. The van der Waals surface area contributed by atoms with Crippen molar-refractivity contribution < 1.29 is 0 Å². The largest absolute Gasteiger partial charge is 0.358 e. The van der Waals surface area contributed by atoms with Crippen molar-refractivity contribution in [2.45, 2.75) is 56.9 Å². The van der Waals surface area contributed by atoms with Gasteiger partial charge in [-0.3, -0.25) is 4.90 Å². The van der Waals surface area contributed by atoms with Gasteiger partial charge in [0.15, 0.2) is 0 Å². The van der Waals surface area contributed by atoms with Gasteiger partial charge in [0.25, 0.3) is 0 Å². The van der Waals surface area contributed by atoms with Gasteiger partial charge >= 0.3 is 0 Å². The summed E-state index contributed by atoms with van der Waals surface area (Å²) >= 11 is 0. The van der Waals surface area contributed by atoms with Crippen LogP contribution >= 0.6 is 0 Å². The van der Waals surface area contributed by atoms with E-state index in [1.54, 1.807) is 5.56 Å². The predicted molar refractivity (Wildman–Crippen MR) is 115 cm³/mol. The van der Waals surface area contributed by atoms with Crippen LogP contribution in [0.25, 0.3) is 10.9 Å². The molecule has 1 heterocycles. The number of aromatic amines is 1. The zero-order valence-electron chi connectivity index (χ0n) is 17.0. The monoisotopic (exact) mass is 360 g/mol. The van der Waals surface area contributed by atoms with Crippen LogP contribution in [0, 0.1) is 0 Å². The molecule has 2 heteroatoms. The average molecular weight is 361 g/mol. The highest BCUT2D eigenvalue weighted by atomic mass is 15.1. The Balaban J connectivity index is 1.64. The van der Waals surface area contributed by atoms with Crippen LogP contribution in [-0.2, 0) is 12.0 Å². The van der Waals surface area contributed by atoms with Gasteiger partial charge in [-0.1, -0.05) is 61.9 Å². The van der Waals surface area contributed by atoms with Crippen molar-refractivity contribution in [2.75, 3.05) is 14.1 Å². The number of H-pyrrole nitrogens is 1. The van der Waals surface area contributed by atoms with E-state index >= 15 is 0 Å². The first-order valence-electron chi connectivity index (χ1n) is 10.5. The van der Waals surface area contributed by atoms with E-state index < -0.39 is 0 Å². The van der Waals surface area contributed by atoms with E-state index in [0.29, 0.717) is 5.92 Å². The van der Waals surface area contributed by atoms with E-state index in [1.807, 2.05) is 0 Å². The molecule has 0 unspecified atom stereocenters. The molecular weight excluding hydrogens is 328 g/mol. The number of benzene rings is 2. The van der Waals surface area contributed by atoms with Crippen LogP contribution < -0.4 is 0 Å². The minimum Gasteiger partial charge on any atom is -0.358 e. The molecule has 1 fully saturated rings. The van der Waals surface area contributed by atoms with Gasteiger partial charge < -0.3 is 4.98 Å². The fourth-order valence-electron chi connectivity index (χ4n) is 5.22. The molecule has 27 heavy (non-hydrogen) atoms. The second-order valence-electron chi connectivity index (χ2n) is 8.38. The van der Waals surface area contributed by atoms with E-state index in [0.717, 1.165) is 0 Å². The Labute approximate surface area is 163 Å². The zero-order valence-corrected chi connectivity index (χ0v) is 17.0. The van der Waals surface area contributed by atoms with E-state index in [1.165, 1.54) is 60.7 Å². The third-order valence-electron chi connectivity index (χ3n) is 6.73. The summed E-state index contributed by atoms with van der Waals surface area (Å²) < 4.78 is 0. The number of aromatic nitrogens is 1. The second kappa shape index (κ2) is 7.52. The van der Waals surface area contributed by atoms with Crippen LogP contribution in [0.4, 0.5) is 0 Å². The Kier molecular flexibility index (Phi) is 5.10. The highest BCUT2D eigenvalue weighted by Crippen LogP contribution is 2.47. The molecule has 0 saturated heterocycles. The fourth-order valence-corrected chi connectivity index (χ4v) is 5.22. The molecule has 0 bridgehead atoms. The van der Waals surface area contributed by atoms with Crippen molar-refractivity contribution in [2.24, 2.45) is 0 Å². The number of aryl methyl sites for hydroxylation is 1. The summed E-state index contributed by atoms with van der Waals surface area (Å²) in [7, 11) is 4.50. The number of hydrogen-bond acceptors (Lipinski definition) is 1. The van der Waals surface area contributed by atoms with Gasteiger partial charge in [0.2, 0.25) is 0 Å². The second-order valence-corrected chi connectivity index (χ2v) is 8.38. The van der Waals surface area contributed by atoms with E-state index in [2.05, 4.69) is 85.5 Å². The van der Waals surface area contributed by atoms with Gasteiger partial charge in [-0.15, -0.1) is 0 Å². The lowest BCUT2D eigenvalue weighted by Crippen LogP contribution is -2.44. The normalized spacial score (nSPS) is 23.2. The smallest absolute Gasteiger partial charge is 0.0459 e. The van der Waals surface area contributed by atoms with Crippen molar-refractivity contribution >= 4 is 10.9 Å². The van der Waals surface area contributed by atoms with Crippen molar-refractivity contribution in [3.05, 3.63) is 71.4 Å². The Morgan fingerprint density at radius 2 is 1.63 bits per heavy atom. The van der Waals surface area contributed by atoms with Gasteiger partial charge in [0.1, 0.15) is 0 Å². The third-order valence-corrected chi connectivity index (χ3v) is 6.73.